The minimum absolute atomic E-state index is 0.0587. The molecule has 0 aromatic heterocycles. The number of guanidine groups is 1. The van der Waals surface area contributed by atoms with Crippen molar-refractivity contribution in [1.29, 1.82) is 0 Å². The van der Waals surface area contributed by atoms with Gasteiger partial charge in [0.15, 0.2) is 5.96 Å². The molecule has 0 amide bonds. The van der Waals surface area contributed by atoms with Crippen molar-refractivity contribution in [2.45, 2.75) is 32.4 Å². The third kappa shape index (κ3) is 5.33. The van der Waals surface area contributed by atoms with Gasteiger partial charge in [0.05, 0.1) is 6.10 Å². The normalized spacial score (nSPS) is 19.5. The van der Waals surface area contributed by atoms with Crippen LogP contribution >= 0.6 is 11.6 Å². The summed E-state index contributed by atoms with van der Waals surface area (Å²) < 4.78 is 5.64. The third-order valence-corrected chi connectivity index (χ3v) is 5.19. The molecule has 5 nitrogen and oxygen atoms in total. The summed E-state index contributed by atoms with van der Waals surface area (Å²) in [6, 6.07) is 8.43. The van der Waals surface area contributed by atoms with Gasteiger partial charge in [0.25, 0.3) is 0 Å². The fourth-order valence-corrected chi connectivity index (χ4v) is 3.73. The number of ether oxygens (including phenoxy) is 1. The van der Waals surface area contributed by atoms with E-state index in [2.05, 4.69) is 34.0 Å². The molecule has 1 aliphatic heterocycles. The van der Waals surface area contributed by atoms with Gasteiger partial charge in [-0.2, -0.15) is 0 Å². The number of aliphatic imine (C=N–C) groups is 1. The van der Waals surface area contributed by atoms with Gasteiger partial charge < -0.3 is 15.0 Å². The Morgan fingerprint density at radius 1 is 1.44 bits per heavy atom. The van der Waals surface area contributed by atoms with E-state index in [1.165, 1.54) is 6.42 Å². The molecule has 0 aliphatic carbocycles. The van der Waals surface area contributed by atoms with Gasteiger partial charge in [0.2, 0.25) is 0 Å². The van der Waals surface area contributed by atoms with E-state index in [1.807, 2.05) is 31.3 Å². The first kappa shape index (κ1) is 20.0. The van der Waals surface area contributed by atoms with Crippen LogP contribution in [0, 0.1) is 0 Å². The van der Waals surface area contributed by atoms with Crippen LogP contribution < -0.4 is 5.32 Å². The molecule has 1 aliphatic rings. The summed E-state index contributed by atoms with van der Waals surface area (Å²) in [5, 5.41) is 4.19. The van der Waals surface area contributed by atoms with Crippen molar-refractivity contribution >= 4 is 17.6 Å². The standard InChI is InChI=1S/C19H31ClN4O/c1-5-23(6-2)17-10-11-24(14-17)19(21-3)22-13-18(25-4)15-8-7-9-16(20)12-15/h7-9,12,17-18H,5-6,10-11,13-14H2,1-4H3,(H,21,22). The van der Waals surface area contributed by atoms with E-state index >= 15 is 0 Å². The maximum absolute atomic E-state index is 6.10. The zero-order valence-electron chi connectivity index (χ0n) is 15.8. The number of hydrogen-bond acceptors (Lipinski definition) is 3. The molecular weight excluding hydrogens is 336 g/mol. The van der Waals surface area contributed by atoms with Crippen molar-refractivity contribution in [3.63, 3.8) is 0 Å². The molecule has 2 rings (SSSR count). The molecule has 0 saturated carbocycles. The molecule has 25 heavy (non-hydrogen) atoms. The summed E-state index contributed by atoms with van der Waals surface area (Å²) >= 11 is 6.10. The molecule has 0 bridgehead atoms. The number of halogens is 1. The number of likely N-dealkylation sites (tertiary alicyclic amines) is 1. The van der Waals surface area contributed by atoms with Crippen molar-refractivity contribution in [3.8, 4) is 0 Å². The predicted octanol–water partition coefficient (Wildman–Crippen LogP) is 3.02. The summed E-state index contributed by atoms with van der Waals surface area (Å²) in [4.78, 5) is 9.33. The maximum atomic E-state index is 6.10. The van der Waals surface area contributed by atoms with Crippen LogP contribution in [0.1, 0.15) is 31.9 Å². The predicted molar refractivity (Wildman–Crippen MR) is 105 cm³/mol. The van der Waals surface area contributed by atoms with Gasteiger partial charge in [-0.3, -0.25) is 9.89 Å². The molecule has 6 heteroatoms. The molecule has 2 atom stereocenters. The van der Waals surface area contributed by atoms with Crippen molar-refractivity contribution < 1.29 is 4.74 Å². The number of nitrogens with one attached hydrogen (secondary N) is 1. The highest BCUT2D eigenvalue weighted by Crippen LogP contribution is 2.20. The molecular formula is C19H31ClN4O. The first-order valence-corrected chi connectivity index (χ1v) is 9.48. The average molecular weight is 367 g/mol. The Balaban J connectivity index is 1.94. The fourth-order valence-electron chi connectivity index (χ4n) is 3.53. The molecule has 2 unspecified atom stereocenters. The van der Waals surface area contributed by atoms with Crippen molar-refractivity contribution in [2.75, 3.05) is 46.9 Å². The van der Waals surface area contributed by atoms with Gasteiger partial charge >= 0.3 is 0 Å². The number of hydrogen-bond donors (Lipinski definition) is 1. The summed E-state index contributed by atoms with van der Waals surface area (Å²) in [6.45, 7) is 9.38. The monoisotopic (exact) mass is 366 g/mol. The third-order valence-electron chi connectivity index (χ3n) is 4.95. The van der Waals surface area contributed by atoms with Crippen LogP contribution in [-0.2, 0) is 4.74 Å². The molecule has 1 heterocycles. The number of nitrogens with zero attached hydrogens (tertiary/aromatic N) is 3. The summed E-state index contributed by atoms with van der Waals surface area (Å²) in [5.41, 5.74) is 1.07. The van der Waals surface area contributed by atoms with Crippen LogP contribution in [0.5, 0.6) is 0 Å². The molecule has 1 fully saturated rings. The second-order valence-corrected chi connectivity index (χ2v) is 6.75. The van der Waals surface area contributed by atoms with E-state index in [1.54, 1.807) is 7.11 Å². The minimum Gasteiger partial charge on any atom is -0.375 e. The van der Waals surface area contributed by atoms with Gasteiger partial charge in [-0.15, -0.1) is 0 Å². The second-order valence-electron chi connectivity index (χ2n) is 6.32. The van der Waals surface area contributed by atoms with Crippen LogP contribution in [-0.4, -0.2) is 68.7 Å². The Bertz CT molecular complexity index is 562. The zero-order valence-corrected chi connectivity index (χ0v) is 16.6. The molecule has 0 radical (unpaired) electrons. The molecule has 1 aromatic rings. The van der Waals surface area contributed by atoms with Gasteiger partial charge in [-0.1, -0.05) is 37.6 Å². The smallest absolute Gasteiger partial charge is 0.193 e. The molecule has 1 N–H and O–H groups in total. The second kappa shape index (κ2) is 10.00. The molecule has 1 saturated heterocycles. The highest BCUT2D eigenvalue weighted by atomic mass is 35.5. The first-order valence-electron chi connectivity index (χ1n) is 9.10. The largest absolute Gasteiger partial charge is 0.375 e. The lowest BCUT2D eigenvalue weighted by molar-refractivity contribution is 0.106. The maximum Gasteiger partial charge on any atom is 0.193 e. The van der Waals surface area contributed by atoms with Crippen LogP contribution in [0.15, 0.2) is 29.3 Å². The van der Waals surface area contributed by atoms with Crippen LogP contribution in [0.4, 0.5) is 0 Å². The SMILES string of the molecule is CCN(CC)C1CCN(C(=NC)NCC(OC)c2cccc(Cl)c2)C1. The van der Waals surface area contributed by atoms with Gasteiger partial charge in [-0.05, 0) is 37.2 Å². The van der Waals surface area contributed by atoms with Crippen LogP contribution in [0.2, 0.25) is 5.02 Å². The Morgan fingerprint density at radius 3 is 2.80 bits per heavy atom. The van der Waals surface area contributed by atoms with Gasteiger partial charge in [0, 0.05) is 44.9 Å². The fraction of sp³-hybridized carbons (Fsp3) is 0.632. The van der Waals surface area contributed by atoms with Gasteiger partial charge in [0.1, 0.15) is 0 Å². The van der Waals surface area contributed by atoms with E-state index in [-0.39, 0.29) is 6.10 Å². The Labute approximate surface area is 157 Å². The molecule has 1 aromatic carbocycles. The Hall–Kier alpha value is -1.30. The van der Waals surface area contributed by atoms with E-state index in [9.17, 15) is 0 Å². The van der Waals surface area contributed by atoms with E-state index < -0.39 is 0 Å². The van der Waals surface area contributed by atoms with E-state index in [0.717, 1.165) is 42.7 Å². The Kier molecular flexibility index (Phi) is 8.00. The van der Waals surface area contributed by atoms with E-state index in [0.29, 0.717) is 12.6 Å². The highest BCUT2D eigenvalue weighted by molar-refractivity contribution is 6.30. The van der Waals surface area contributed by atoms with Crippen molar-refractivity contribution in [3.05, 3.63) is 34.9 Å². The highest BCUT2D eigenvalue weighted by Gasteiger charge is 2.28. The summed E-state index contributed by atoms with van der Waals surface area (Å²) in [5.74, 6) is 0.943. The number of rotatable bonds is 7. The average Bonchev–Trinajstić information content (AvgIpc) is 3.09. The number of benzene rings is 1. The lowest BCUT2D eigenvalue weighted by Crippen LogP contribution is -2.44. The topological polar surface area (TPSA) is 40.1 Å². The quantitative estimate of drug-likeness (QED) is 0.594. The zero-order chi connectivity index (χ0) is 18.2. The van der Waals surface area contributed by atoms with E-state index in [4.69, 9.17) is 16.3 Å². The minimum atomic E-state index is -0.0587. The summed E-state index contributed by atoms with van der Waals surface area (Å²) in [6.07, 6.45) is 1.13. The van der Waals surface area contributed by atoms with Crippen molar-refractivity contribution in [2.24, 2.45) is 4.99 Å². The van der Waals surface area contributed by atoms with Crippen molar-refractivity contribution in [1.82, 2.24) is 15.1 Å². The van der Waals surface area contributed by atoms with Gasteiger partial charge in [-0.25, -0.2) is 0 Å². The van der Waals surface area contributed by atoms with Crippen LogP contribution in [0.25, 0.3) is 0 Å². The first-order chi connectivity index (χ1) is 12.1. The number of methoxy groups -OCH3 is 1. The number of likely N-dealkylation sites (N-methyl/N-ethyl adjacent to an activating group) is 1. The Morgan fingerprint density at radius 2 is 2.20 bits per heavy atom. The molecule has 0 spiro atoms. The summed E-state index contributed by atoms with van der Waals surface area (Å²) in [7, 11) is 3.57. The molecule has 140 valence electrons. The van der Waals surface area contributed by atoms with Crippen LogP contribution in [0.3, 0.4) is 0 Å². The lowest BCUT2D eigenvalue weighted by atomic mass is 10.1. The lowest BCUT2D eigenvalue weighted by Gasteiger charge is -2.28.